The largest absolute Gasteiger partial charge is 0.306 e. The Labute approximate surface area is 98.7 Å². The van der Waals surface area contributed by atoms with Gasteiger partial charge in [0.1, 0.15) is 0 Å². The van der Waals surface area contributed by atoms with Crippen molar-refractivity contribution >= 4 is 0 Å². The van der Waals surface area contributed by atoms with E-state index in [-0.39, 0.29) is 5.54 Å². The van der Waals surface area contributed by atoms with E-state index < -0.39 is 0 Å². The van der Waals surface area contributed by atoms with Gasteiger partial charge in [0, 0.05) is 24.7 Å². The quantitative estimate of drug-likeness (QED) is 0.816. The number of likely N-dealkylation sites (N-methyl/N-ethyl adjacent to an activating group) is 1. The fourth-order valence-corrected chi connectivity index (χ4v) is 2.77. The summed E-state index contributed by atoms with van der Waals surface area (Å²) in [6.07, 6.45) is 1.12. The molecule has 0 saturated carbocycles. The molecule has 0 bridgehead atoms. The maximum absolute atomic E-state index is 3.73. The van der Waals surface area contributed by atoms with E-state index >= 15 is 0 Å². The zero-order chi connectivity index (χ0) is 11.6. The minimum absolute atomic E-state index is 0.229. The molecule has 1 unspecified atom stereocenters. The van der Waals surface area contributed by atoms with Crippen LogP contribution in [0, 0.1) is 0 Å². The monoisotopic (exact) mass is 218 g/mol. The fourth-order valence-electron chi connectivity index (χ4n) is 2.77. The molecule has 1 saturated heterocycles. The van der Waals surface area contributed by atoms with Crippen LogP contribution in [0.1, 0.15) is 19.4 Å². The van der Waals surface area contributed by atoms with Crippen LogP contribution < -0.4 is 5.32 Å². The second-order valence-electron chi connectivity index (χ2n) is 5.61. The van der Waals surface area contributed by atoms with Crippen molar-refractivity contribution in [1.29, 1.82) is 0 Å². The van der Waals surface area contributed by atoms with Gasteiger partial charge in [0.15, 0.2) is 0 Å². The molecule has 2 heteroatoms. The first kappa shape index (κ1) is 11.6. The first-order valence-electron chi connectivity index (χ1n) is 6.05. The third-order valence-electron chi connectivity index (χ3n) is 3.12. The number of piperazine rings is 1. The highest BCUT2D eigenvalue weighted by molar-refractivity contribution is 5.16. The SMILES string of the molecule is CN1CC(Cc2ccccc2)NC(C)(C)C1. The van der Waals surface area contributed by atoms with Crippen molar-refractivity contribution in [3.05, 3.63) is 35.9 Å². The number of hydrogen-bond donors (Lipinski definition) is 1. The van der Waals surface area contributed by atoms with E-state index in [2.05, 4.69) is 61.4 Å². The van der Waals surface area contributed by atoms with Crippen molar-refractivity contribution in [2.45, 2.75) is 31.8 Å². The number of benzene rings is 1. The molecule has 1 N–H and O–H groups in total. The fraction of sp³-hybridized carbons (Fsp3) is 0.571. The zero-order valence-corrected chi connectivity index (χ0v) is 10.5. The van der Waals surface area contributed by atoms with E-state index in [4.69, 9.17) is 0 Å². The molecule has 0 spiro atoms. The summed E-state index contributed by atoms with van der Waals surface area (Å²) < 4.78 is 0. The Morgan fingerprint density at radius 3 is 2.62 bits per heavy atom. The molecule has 88 valence electrons. The summed E-state index contributed by atoms with van der Waals surface area (Å²) in [4.78, 5) is 2.42. The Hall–Kier alpha value is -0.860. The molecule has 1 fully saturated rings. The van der Waals surface area contributed by atoms with Crippen molar-refractivity contribution in [2.75, 3.05) is 20.1 Å². The summed E-state index contributed by atoms with van der Waals surface area (Å²) in [5.41, 5.74) is 1.65. The van der Waals surface area contributed by atoms with Gasteiger partial charge in [-0.15, -0.1) is 0 Å². The van der Waals surface area contributed by atoms with E-state index in [9.17, 15) is 0 Å². The number of nitrogens with one attached hydrogen (secondary N) is 1. The number of rotatable bonds is 2. The molecule has 0 radical (unpaired) electrons. The van der Waals surface area contributed by atoms with Crippen molar-refractivity contribution in [1.82, 2.24) is 10.2 Å². The molecule has 1 atom stereocenters. The highest BCUT2D eigenvalue weighted by Crippen LogP contribution is 2.15. The van der Waals surface area contributed by atoms with Crippen LogP contribution in [-0.4, -0.2) is 36.6 Å². The van der Waals surface area contributed by atoms with Crippen LogP contribution in [-0.2, 0) is 6.42 Å². The Morgan fingerprint density at radius 2 is 2.00 bits per heavy atom. The van der Waals surface area contributed by atoms with Crippen LogP contribution >= 0.6 is 0 Å². The highest BCUT2D eigenvalue weighted by atomic mass is 15.2. The maximum atomic E-state index is 3.73. The van der Waals surface area contributed by atoms with Gasteiger partial charge in [0.05, 0.1) is 0 Å². The van der Waals surface area contributed by atoms with Gasteiger partial charge in [-0.1, -0.05) is 30.3 Å². The Bertz CT molecular complexity index is 332. The summed E-state index contributed by atoms with van der Waals surface area (Å²) in [5, 5.41) is 3.73. The van der Waals surface area contributed by atoms with Gasteiger partial charge in [-0.3, -0.25) is 0 Å². The minimum Gasteiger partial charge on any atom is -0.306 e. The lowest BCUT2D eigenvalue weighted by Gasteiger charge is -2.42. The lowest BCUT2D eigenvalue weighted by molar-refractivity contribution is 0.142. The minimum atomic E-state index is 0.229. The smallest absolute Gasteiger partial charge is 0.0255 e. The first-order chi connectivity index (χ1) is 7.55. The summed E-state index contributed by atoms with van der Waals surface area (Å²) in [5.74, 6) is 0. The molecule has 0 amide bonds. The first-order valence-corrected chi connectivity index (χ1v) is 6.05. The number of nitrogens with zero attached hydrogens (tertiary/aromatic N) is 1. The average Bonchev–Trinajstić information content (AvgIpc) is 2.15. The van der Waals surface area contributed by atoms with Gasteiger partial charge in [-0.05, 0) is 32.9 Å². The van der Waals surface area contributed by atoms with Crippen LogP contribution in [0.15, 0.2) is 30.3 Å². The summed E-state index contributed by atoms with van der Waals surface area (Å²) >= 11 is 0. The molecule has 0 aliphatic carbocycles. The zero-order valence-electron chi connectivity index (χ0n) is 10.5. The van der Waals surface area contributed by atoms with Gasteiger partial charge in [-0.2, -0.15) is 0 Å². The molecule has 1 aromatic carbocycles. The molecule has 2 nitrogen and oxygen atoms in total. The summed E-state index contributed by atoms with van der Waals surface area (Å²) in [6, 6.07) is 11.3. The van der Waals surface area contributed by atoms with Crippen molar-refractivity contribution in [3.8, 4) is 0 Å². The van der Waals surface area contributed by atoms with Crippen LogP contribution in [0.25, 0.3) is 0 Å². The molecule has 1 aliphatic heterocycles. The third kappa shape index (κ3) is 3.06. The van der Waals surface area contributed by atoms with E-state index in [1.165, 1.54) is 5.56 Å². The number of hydrogen-bond acceptors (Lipinski definition) is 2. The van der Waals surface area contributed by atoms with E-state index in [1.807, 2.05) is 0 Å². The molecule has 2 rings (SSSR count). The van der Waals surface area contributed by atoms with Crippen LogP contribution in [0.2, 0.25) is 0 Å². The molecule has 1 heterocycles. The Balaban J connectivity index is 2.00. The Morgan fingerprint density at radius 1 is 1.31 bits per heavy atom. The van der Waals surface area contributed by atoms with E-state index in [1.54, 1.807) is 0 Å². The maximum Gasteiger partial charge on any atom is 0.0255 e. The third-order valence-corrected chi connectivity index (χ3v) is 3.12. The van der Waals surface area contributed by atoms with E-state index in [0.717, 1.165) is 19.5 Å². The predicted octanol–water partition coefficient (Wildman–Crippen LogP) is 1.91. The van der Waals surface area contributed by atoms with Crippen LogP contribution in [0.4, 0.5) is 0 Å². The lowest BCUT2D eigenvalue weighted by Crippen LogP contribution is -2.61. The Kier molecular flexibility index (Phi) is 3.31. The average molecular weight is 218 g/mol. The lowest BCUT2D eigenvalue weighted by atomic mass is 9.95. The second-order valence-corrected chi connectivity index (χ2v) is 5.61. The van der Waals surface area contributed by atoms with Crippen molar-refractivity contribution < 1.29 is 0 Å². The molecule has 0 aromatic heterocycles. The highest BCUT2D eigenvalue weighted by Gasteiger charge is 2.29. The van der Waals surface area contributed by atoms with E-state index in [0.29, 0.717) is 6.04 Å². The van der Waals surface area contributed by atoms with Crippen molar-refractivity contribution in [3.63, 3.8) is 0 Å². The molecular weight excluding hydrogens is 196 g/mol. The molecule has 16 heavy (non-hydrogen) atoms. The van der Waals surface area contributed by atoms with Gasteiger partial charge in [0.2, 0.25) is 0 Å². The van der Waals surface area contributed by atoms with Crippen LogP contribution in [0.3, 0.4) is 0 Å². The topological polar surface area (TPSA) is 15.3 Å². The normalized spacial score (nSPS) is 25.6. The van der Waals surface area contributed by atoms with Crippen LogP contribution in [0.5, 0.6) is 0 Å². The van der Waals surface area contributed by atoms with Gasteiger partial charge < -0.3 is 10.2 Å². The van der Waals surface area contributed by atoms with Crippen molar-refractivity contribution in [2.24, 2.45) is 0 Å². The molecule has 1 aliphatic rings. The summed E-state index contributed by atoms with van der Waals surface area (Å²) in [7, 11) is 2.21. The van der Waals surface area contributed by atoms with Gasteiger partial charge >= 0.3 is 0 Å². The standard InChI is InChI=1S/C14H22N2/c1-14(2)11-16(3)10-13(15-14)9-12-7-5-4-6-8-12/h4-8,13,15H,9-11H2,1-3H3. The molecular formula is C14H22N2. The van der Waals surface area contributed by atoms with Gasteiger partial charge in [-0.25, -0.2) is 0 Å². The van der Waals surface area contributed by atoms with Gasteiger partial charge in [0.25, 0.3) is 0 Å². The second kappa shape index (κ2) is 4.56. The molecule has 1 aromatic rings. The summed E-state index contributed by atoms with van der Waals surface area (Å²) in [6.45, 7) is 6.82. The predicted molar refractivity (Wildman–Crippen MR) is 68.6 cm³/mol.